The Labute approximate surface area is 118 Å². The molecule has 1 aliphatic carbocycles. The Morgan fingerprint density at radius 1 is 1.32 bits per heavy atom. The van der Waals surface area contributed by atoms with Gasteiger partial charge in [0.1, 0.15) is 5.78 Å². The Bertz CT molecular complexity index is 355. The third kappa shape index (κ3) is 4.16. The van der Waals surface area contributed by atoms with E-state index in [-0.39, 0.29) is 0 Å². The zero-order valence-electron chi connectivity index (χ0n) is 12.7. The largest absolute Gasteiger partial charge is 0.324 e. The molecule has 2 fully saturated rings. The highest BCUT2D eigenvalue weighted by Crippen LogP contribution is 2.29. The smallest absolute Gasteiger partial charge is 0.172 e. The van der Waals surface area contributed by atoms with E-state index in [0.29, 0.717) is 11.7 Å². The third-order valence-electron chi connectivity index (χ3n) is 4.63. The van der Waals surface area contributed by atoms with Gasteiger partial charge in [0.05, 0.1) is 0 Å². The molecular weight excluding hydrogens is 252 g/mol. The van der Waals surface area contributed by atoms with E-state index in [1.807, 2.05) is 0 Å². The van der Waals surface area contributed by atoms with E-state index in [0.717, 1.165) is 32.1 Å². The van der Waals surface area contributed by atoms with Gasteiger partial charge in [-0.25, -0.2) is 0 Å². The summed E-state index contributed by atoms with van der Waals surface area (Å²) in [6.07, 6.45) is 8.01. The normalized spacial score (nSPS) is 27.2. The molecule has 108 valence electrons. The highest BCUT2D eigenvalue weighted by Gasteiger charge is 2.32. The van der Waals surface area contributed by atoms with Crippen molar-refractivity contribution in [3.05, 3.63) is 0 Å². The summed E-state index contributed by atoms with van der Waals surface area (Å²) in [6, 6.07) is 1.39. The summed E-state index contributed by atoms with van der Waals surface area (Å²) in [4.78, 5) is 11.2. The van der Waals surface area contributed by atoms with E-state index in [2.05, 4.69) is 17.8 Å². The minimum absolute atomic E-state index is 0.343. The second-order valence-electron chi connectivity index (χ2n) is 6.91. The molecular formula is C15H28N2OSi. The first-order valence-electron chi connectivity index (χ1n) is 7.81. The van der Waals surface area contributed by atoms with E-state index < -0.39 is 8.24 Å². The molecule has 0 aromatic heterocycles. The second-order valence-corrected chi connectivity index (χ2v) is 11.5. The Morgan fingerprint density at radius 3 is 2.58 bits per heavy atom. The van der Waals surface area contributed by atoms with E-state index >= 15 is 0 Å². The molecule has 0 bridgehead atoms. The van der Waals surface area contributed by atoms with Gasteiger partial charge in [-0.05, 0) is 51.0 Å². The number of carbonyl (C=O) groups excluding carboxylic acids is 1. The predicted octanol–water partition coefficient (Wildman–Crippen LogP) is 3.81. The van der Waals surface area contributed by atoms with Crippen LogP contribution >= 0.6 is 0 Å². The number of hydrogen-bond acceptors (Lipinski definition) is 3. The van der Waals surface area contributed by atoms with E-state index in [1.165, 1.54) is 31.1 Å². The van der Waals surface area contributed by atoms with Crippen LogP contribution in [-0.2, 0) is 4.79 Å². The van der Waals surface area contributed by atoms with Crippen molar-refractivity contribution in [1.82, 2.24) is 4.67 Å². The van der Waals surface area contributed by atoms with Crippen LogP contribution in [0.15, 0.2) is 5.10 Å². The number of nitrogens with zero attached hydrogens (tertiary/aromatic N) is 2. The molecule has 1 saturated heterocycles. The minimum Gasteiger partial charge on any atom is -0.324 e. The number of rotatable bonds is 3. The van der Waals surface area contributed by atoms with Gasteiger partial charge in [-0.15, -0.1) is 0 Å². The summed E-state index contributed by atoms with van der Waals surface area (Å²) in [5.74, 6) is 0.957. The Kier molecular flexibility index (Phi) is 4.82. The first-order chi connectivity index (χ1) is 8.97. The Hall–Kier alpha value is -0.643. The van der Waals surface area contributed by atoms with Crippen molar-refractivity contribution in [1.29, 1.82) is 0 Å². The van der Waals surface area contributed by atoms with Crippen LogP contribution in [0.25, 0.3) is 0 Å². The van der Waals surface area contributed by atoms with Crippen LogP contribution < -0.4 is 0 Å². The second kappa shape index (κ2) is 6.20. The van der Waals surface area contributed by atoms with Gasteiger partial charge in [0.2, 0.25) is 0 Å². The highest BCUT2D eigenvalue weighted by molar-refractivity contribution is 6.74. The summed E-state index contributed by atoms with van der Waals surface area (Å²) in [6.45, 7) is 7.76. The van der Waals surface area contributed by atoms with Crippen molar-refractivity contribution in [2.75, 3.05) is 6.54 Å². The van der Waals surface area contributed by atoms with Crippen molar-refractivity contribution in [3.63, 3.8) is 0 Å². The van der Waals surface area contributed by atoms with Crippen molar-refractivity contribution in [2.45, 2.75) is 71.0 Å². The first-order valence-corrected chi connectivity index (χ1v) is 11.0. The molecule has 2 rings (SSSR count). The lowest BCUT2D eigenvalue weighted by atomic mass is 9.85. The van der Waals surface area contributed by atoms with Gasteiger partial charge in [-0.2, -0.15) is 5.10 Å². The molecule has 0 aromatic rings. The Morgan fingerprint density at radius 2 is 2.00 bits per heavy atom. The molecule has 1 aliphatic heterocycles. The predicted molar refractivity (Wildman–Crippen MR) is 82.9 cm³/mol. The van der Waals surface area contributed by atoms with Crippen LogP contribution in [0.4, 0.5) is 0 Å². The topological polar surface area (TPSA) is 32.7 Å². The number of hydrazone groups is 1. The lowest BCUT2D eigenvalue weighted by molar-refractivity contribution is -0.118. The summed E-state index contributed by atoms with van der Waals surface area (Å²) < 4.78 is 2.46. The van der Waals surface area contributed by atoms with Crippen LogP contribution in [0.5, 0.6) is 0 Å². The lowest BCUT2D eigenvalue weighted by Gasteiger charge is -2.39. The molecule has 19 heavy (non-hydrogen) atoms. The van der Waals surface area contributed by atoms with E-state index in [9.17, 15) is 4.79 Å². The SMILES string of the molecule is CC(=O)CC1CCC(=NN2CCCC[Si]2(C)C)CC1. The monoisotopic (exact) mass is 280 g/mol. The van der Waals surface area contributed by atoms with Crippen molar-refractivity contribution < 1.29 is 4.79 Å². The average molecular weight is 280 g/mol. The summed E-state index contributed by atoms with van der Waals surface area (Å²) >= 11 is 0. The molecule has 0 unspecified atom stereocenters. The zero-order valence-corrected chi connectivity index (χ0v) is 13.7. The van der Waals surface area contributed by atoms with E-state index in [1.54, 1.807) is 6.92 Å². The molecule has 0 aromatic carbocycles. The van der Waals surface area contributed by atoms with Crippen molar-refractivity contribution in [2.24, 2.45) is 11.0 Å². The molecule has 1 saturated carbocycles. The van der Waals surface area contributed by atoms with Crippen LogP contribution in [-0.4, -0.2) is 30.9 Å². The molecule has 0 spiro atoms. The molecule has 1 heterocycles. The van der Waals surface area contributed by atoms with Crippen LogP contribution in [0.3, 0.4) is 0 Å². The van der Waals surface area contributed by atoms with Crippen molar-refractivity contribution >= 4 is 19.7 Å². The zero-order chi connectivity index (χ0) is 13.9. The van der Waals surface area contributed by atoms with Crippen LogP contribution in [0.1, 0.15) is 51.9 Å². The highest BCUT2D eigenvalue weighted by atomic mass is 28.3. The van der Waals surface area contributed by atoms with Gasteiger partial charge in [-0.3, -0.25) is 0 Å². The number of Topliss-reactive ketones (excluding diaryl/α,β-unsaturated/α-hetero) is 1. The molecule has 0 amide bonds. The maximum Gasteiger partial charge on any atom is 0.172 e. The molecule has 2 aliphatic rings. The fourth-order valence-electron chi connectivity index (χ4n) is 3.33. The molecule has 0 N–H and O–H groups in total. The maximum absolute atomic E-state index is 11.2. The summed E-state index contributed by atoms with van der Waals surface area (Å²) in [5.41, 5.74) is 1.39. The van der Waals surface area contributed by atoms with Gasteiger partial charge in [0, 0.05) is 18.7 Å². The van der Waals surface area contributed by atoms with E-state index in [4.69, 9.17) is 5.10 Å². The first kappa shape index (κ1) is 14.8. The standard InChI is InChI=1S/C15H28N2OSi/c1-13(18)12-14-6-8-15(9-7-14)16-17-10-4-5-11-19(17,2)3/h14H,4-12H2,1-3H3. The molecule has 0 atom stereocenters. The Balaban J connectivity index is 1.89. The number of ketones is 1. The average Bonchev–Trinajstić information content (AvgIpc) is 2.33. The fraction of sp³-hybridized carbons (Fsp3) is 0.867. The maximum atomic E-state index is 11.2. The van der Waals surface area contributed by atoms with Crippen LogP contribution in [0, 0.1) is 5.92 Å². The lowest BCUT2D eigenvalue weighted by Crippen LogP contribution is -2.49. The summed E-state index contributed by atoms with van der Waals surface area (Å²) in [7, 11) is -1.26. The molecule has 3 nitrogen and oxygen atoms in total. The van der Waals surface area contributed by atoms with Gasteiger partial charge in [-0.1, -0.05) is 19.5 Å². The minimum atomic E-state index is -1.26. The fourth-order valence-corrected chi connectivity index (χ4v) is 5.88. The van der Waals surface area contributed by atoms with Gasteiger partial charge in [0.25, 0.3) is 0 Å². The van der Waals surface area contributed by atoms with Gasteiger partial charge in [0.15, 0.2) is 8.24 Å². The number of carbonyl (C=O) groups is 1. The summed E-state index contributed by atoms with van der Waals surface area (Å²) in [5, 5.41) is 4.99. The van der Waals surface area contributed by atoms with Gasteiger partial charge < -0.3 is 9.47 Å². The van der Waals surface area contributed by atoms with Crippen molar-refractivity contribution in [3.8, 4) is 0 Å². The van der Waals surface area contributed by atoms with Crippen LogP contribution in [0.2, 0.25) is 19.1 Å². The molecule has 0 radical (unpaired) electrons. The number of hydrogen-bond donors (Lipinski definition) is 0. The molecule has 4 heteroatoms. The third-order valence-corrected chi connectivity index (χ3v) is 7.93. The quantitative estimate of drug-likeness (QED) is 0.736. The van der Waals surface area contributed by atoms with Gasteiger partial charge >= 0.3 is 0 Å².